The second-order valence-electron chi connectivity index (χ2n) is 6.03. The van der Waals surface area contributed by atoms with Crippen molar-refractivity contribution in [3.63, 3.8) is 0 Å². The molecular formula is C18H23N3O2. The summed E-state index contributed by atoms with van der Waals surface area (Å²) >= 11 is 0. The van der Waals surface area contributed by atoms with Gasteiger partial charge < -0.3 is 14.6 Å². The van der Waals surface area contributed by atoms with Crippen molar-refractivity contribution >= 4 is 5.91 Å². The molecule has 1 atom stereocenters. The molecule has 3 rings (SSSR count). The van der Waals surface area contributed by atoms with Crippen molar-refractivity contribution in [1.29, 1.82) is 0 Å². The molecule has 1 saturated heterocycles. The quantitative estimate of drug-likeness (QED) is 0.941. The van der Waals surface area contributed by atoms with Gasteiger partial charge in [-0.05, 0) is 38.9 Å². The fraction of sp³-hybridized carbons (Fsp3) is 0.444. The summed E-state index contributed by atoms with van der Waals surface area (Å²) in [5, 5.41) is 3.26. The van der Waals surface area contributed by atoms with Crippen LogP contribution in [0.5, 0.6) is 0 Å². The molecule has 1 aliphatic rings. The van der Waals surface area contributed by atoms with Gasteiger partial charge in [-0.2, -0.15) is 0 Å². The number of aromatic nitrogens is 1. The Hall–Kier alpha value is -2.14. The molecule has 1 fully saturated rings. The highest BCUT2D eigenvalue weighted by atomic mass is 16.4. The topological polar surface area (TPSA) is 58.4 Å². The van der Waals surface area contributed by atoms with Crippen LogP contribution in [0.2, 0.25) is 0 Å². The van der Waals surface area contributed by atoms with E-state index in [1.807, 2.05) is 49.2 Å². The second-order valence-corrected chi connectivity index (χ2v) is 6.03. The summed E-state index contributed by atoms with van der Waals surface area (Å²) in [5.74, 6) is 1.43. The molecule has 0 spiro atoms. The number of aryl methyl sites for hydroxylation is 1. The lowest BCUT2D eigenvalue weighted by Gasteiger charge is -2.32. The number of hydrogen-bond donors (Lipinski definition) is 1. The van der Waals surface area contributed by atoms with Crippen LogP contribution in [-0.4, -0.2) is 42.0 Å². The molecule has 0 bridgehead atoms. The van der Waals surface area contributed by atoms with Crippen LogP contribution in [0.4, 0.5) is 0 Å². The van der Waals surface area contributed by atoms with Crippen molar-refractivity contribution in [3.05, 3.63) is 41.8 Å². The van der Waals surface area contributed by atoms with Gasteiger partial charge in [-0.3, -0.25) is 4.79 Å². The van der Waals surface area contributed by atoms with Crippen LogP contribution in [0.15, 0.2) is 34.7 Å². The van der Waals surface area contributed by atoms with E-state index in [4.69, 9.17) is 4.42 Å². The molecule has 1 aliphatic heterocycles. The molecule has 5 heteroatoms. The Kier molecular flexibility index (Phi) is 4.76. The van der Waals surface area contributed by atoms with Gasteiger partial charge in [-0.25, -0.2) is 4.98 Å². The summed E-state index contributed by atoms with van der Waals surface area (Å²) in [7, 11) is 1.95. The number of carbonyl (C=O) groups is 1. The summed E-state index contributed by atoms with van der Waals surface area (Å²) in [6, 6.07) is 10.2. The predicted octanol–water partition coefficient (Wildman–Crippen LogP) is 2.40. The van der Waals surface area contributed by atoms with Crippen LogP contribution in [0, 0.1) is 6.92 Å². The monoisotopic (exact) mass is 313 g/mol. The Bertz CT molecular complexity index is 666. The minimum atomic E-state index is 0.126. The minimum absolute atomic E-state index is 0.126. The van der Waals surface area contributed by atoms with Gasteiger partial charge in [0.1, 0.15) is 5.76 Å². The van der Waals surface area contributed by atoms with E-state index in [0.717, 1.165) is 42.9 Å². The Labute approximate surface area is 136 Å². The van der Waals surface area contributed by atoms with Gasteiger partial charge >= 0.3 is 0 Å². The second kappa shape index (κ2) is 6.96. The predicted molar refractivity (Wildman–Crippen MR) is 89.0 cm³/mol. The number of likely N-dealkylation sites (tertiary alicyclic amines) is 1. The molecule has 1 unspecified atom stereocenters. The van der Waals surface area contributed by atoms with Crippen molar-refractivity contribution in [2.45, 2.75) is 32.2 Å². The first-order chi connectivity index (χ1) is 11.2. The van der Waals surface area contributed by atoms with Crippen LogP contribution in [-0.2, 0) is 11.2 Å². The maximum atomic E-state index is 12.5. The molecular weight excluding hydrogens is 290 g/mol. The molecule has 0 radical (unpaired) electrons. The summed E-state index contributed by atoms with van der Waals surface area (Å²) in [4.78, 5) is 19.0. The Morgan fingerprint density at radius 2 is 2.17 bits per heavy atom. The lowest BCUT2D eigenvalue weighted by molar-refractivity contribution is -0.131. The van der Waals surface area contributed by atoms with Crippen molar-refractivity contribution in [2.24, 2.45) is 0 Å². The number of piperidine rings is 1. The fourth-order valence-corrected chi connectivity index (χ4v) is 2.99. The molecule has 0 saturated carbocycles. The SMILES string of the molecule is CNC1CCCN(C(=O)Cc2nc(-c3ccccc3)oc2C)C1. The van der Waals surface area contributed by atoms with E-state index in [2.05, 4.69) is 10.3 Å². The maximum absolute atomic E-state index is 12.5. The van der Waals surface area contributed by atoms with Crippen molar-refractivity contribution in [2.75, 3.05) is 20.1 Å². The Morgan fingerprint density at radius 1 is 1.39 bits per heavy atom. The number of carbonyl (C=O) groups excluding carboxylic acids is 1. The average molecular weight is 313 g/mol. The number of amides is 1. The van der Waals surface area contributed by atoms with E-state index >= 15 is 0 Å². The first kappa shape index (κ1) is 15.7. The number of oxazole rings is 1. The maximum Gasteiger partial charge on any atom is 0.228 e. The highest BCUT2D eigenvalue weighted by Crippen LogP contribution is 2.22. The third-order valence-corrected chi connectivity index (χ3v) is 4.41. The standard InChI is InChI=1S/C18H23N3O2/c1-13-16(20-18(23-13)14-7-4-3-5-8-14)11-17(22)21-10-6-9-15(12-21)19-2/h3-5,7-8,15,19H,6,9-12H2,1-2H3. The first-order valence-corrected chi connectivity index (χ1v) is 8.14. The van der Waals surface area contributed by atoms with Crippen LogP contribution >= 0.6 is 0 Å². The van der Waals surface area contributed by atoms with E-state index in [0.29, 0.717) is 18.4 Å². The molecule has 5 nitrogen and oxygen atoms in total. The van der Waals surface area contributed by atoms with Gasteiger partial charge in [0.2, 0.25) is 11.8 Å². The van der Waals surface area contributed by atoms with Gasteiger partial charge in [-0.15, -0.1) is 0 Å². The Morgan fingerprint density at radius 3 is 2.91 bits per heavy atom. The van der Waals surface area contributed by atoms with E-state index in [1.165, 1.54) is 0 Å². The zero-order valence-electron chi connectivity index (χ0n) is 13.7. The third kappa shape index (κ3) is 3.62. The van der Waals surface area contributed by atoms with Crippen LogP contribution in [0.1, 0.15) is 24.3 Å². The van der Waals surface area contributed by atoms with Crippen LogP contribution in [0.25, 0.3) is 11.5 Å². The molecule has 1 aromatic heterocycles. The van der Waals surface area contributed by atoms with E-state index in [9.17, 15) is 4.79 Å². The number of hydrogen-bond acceptors (Lipinski definition) is 4. The van der Waals surface area contributed by atoms with Crippen molar-refractivity contribution < 1.29 is 9.21 Å². The third-order valence-electron chi connectivity index (χ3n) is 4.41. The molecule has 0 aliphatic carbocycles. The number of likely N-dealkylation sites (N-methyl/N-ethyl adjacent to an activating group) is 1. The van der Waals surface area contributed by atoms with Gasteiger partial charge in [0.25, 0.3) is 0 Å². The molecule has 1 aromatic carbocycles. The minimum Gasteiger partial charge on any atom is -0.441 e. The normalized spacial score (nSPS) is 18.2. The summed E-state index contributed by atoms with van der Waals surface area (Å²) in [6.45, 7) is 3.48. The van der Waals surface area contributed by atoms with E-state index < -0.39 is 0 Å². The van der Waals surface area contributed by atoms with Crippen LogP contribution in [0.3, 0.4) is 0 Å². The van der Waals surface area contributed by atoms with Crippen LogP contribution < -0.4 is 5.32 Å². The molecule has 122 valence electrons. The number of nitrogens with zero attached hydrogens (tertiary/aromatic N) is 2. The molecule has 1 N–H and O–H groups in total. The molecule has 1 amide bonds. The molecule has 2 aromatic rings. The lowest BCUT2D eigenvalue weighted by atomic mass is 10.1. The average Bonchev–Trinajstić information content (AvgIpc) is 2.96. The van der Waals surface area contributed by atoms with Gasteiger partial charge in [-0.1, -0.05) is 18.2 Å². The smallest absolute Gasteiger partial charge is 0.228 e. The lowest BCUT2D eigenvalue weighted by Crippen LogP contribution is -2.47. The van der Waals surface area contributed by atoms with E-state index in [-0.39, 0.29) is 5.91 Å². The summed E-state index contributed by atoms with van der Waals surface area (Å²) in [5.41, 5.74) is 1.67. The zero-order valence-corrected chi connectivity index (χ0v) is 13.7. The Balaban J connectivity index is 1.70. The zero-order chi connectivity index (χ0) is 16.2. The number of nitrogens with one attached hydrogen (secondary N) is 1. The number of rotatable bonds is 4. The van der Waals surface area contributed by atoms with Crippen molar-refractivity contribution in [3.8, 4) is 11.5 Å². The molecule has 2 heterocycles. The van der Waals surface area contributed by atoms with Gasteiger partial charge in [0.15, 0.2) is 0 Å². The molecule has 23 heavy (non-hydrogen) atoms. The first-order valence-electron chi connectivity index (χ1n) is 8.14. The largest absolute Gasteiger partial charge is 0.441 e. The van der Waals surface area contributed by atoms with E-state index in [1.54, 1.807) is 0 Å². The highest BCUT2D eigenvalue weighted by molar-refractivity contribution is 5.79. The van der Waals surface area contributed by atoms with Gasteiger partial charge in [0.05, 0.1) is 12.1 Å². The number of benzene rings is 1. The summed E-state index contributed by atoms with van der Waals surface area (Å²) < 4.78 is 5.74. The fourth-order valence-electron chi connectivity index (χ4n) is 2.99. The van der Waals surface area contributed by atoms with Gasteiger partial charge in [0, 0.05) is 24.7 Å². The highest BCUT2D eigenvalue weighted by Gasteiger charge is 2.24. The summed E-state index contributed by atoms with van der Waals surface area (Å²) in [6.07, 6.45) is 2.48. The van der Waals surface area contributed by atoms with Crippen molar-refractivity contribution in [1.82, 2.24) is 15.2 Å².